The van der Waals surface area contributed by atoms with Crippen molar-refractivity contribution in [2.75, 3.05) is 26.7 Å². The van der Waals surface area contributed by atoms with Gasteiger partial charge in [-0.25, -0.2) is 0 Å². The van der Waals surface area contributed by atoms with Crippen molar-refractivity contribution in [1.29, 1.82) is 0 Å². The molecule has 118 valence electrons. The molecule has 6 heteroatoms. The molecule has 0 bridgehead atoms. The molecule has 1 N–H and O–H groups in total. The van der Waals surface area contributed by atoms with Crippen molar-refractivity contribution in [3.05, 3.63) is 0 Å². The Hall–Kier alpha value is -1.59. The van der Waals surface area contributed by atoms with E-state index in [9.17, 15) is 14.4 Å². The maximum Gasteiger partial charge on any atom is 0.308 e. The maximum absolute atomic E-state index is 12.2. The summed E-state index contributed by atoms with van der Waals surface area (Å²) in [5.41, 5.74) is 0.0495. The van der Waals surface area contributed by atoms with Crippen molar-refractivity contribution < 1.29 is 19.5 Å². The molecule has 1 heterocycles. The number of carbonyl (C=O) groups is 3. The molecule has 0 radical (unpaired) electrons. The van der Waals surface area contributed by atoms with E-state index < -0.39 is 11.9 Å². The van der Waals surface area contributed by atoms with Crippen LogP contribution in [-0.2, 0) is 14.4 Å². The molecule has 0 spiro atoms. The van der Waals surface area contributed by atoms with Crippen molar-refractivity contribution in [2.24, 2.45) is 17.3 Å². The van der Waals surface area contributed by atoms with Crippen LogP contribution in [0.25, 0.3) is 0 Å². The SMILES string of the molecule is CN(CC(=O)N1CCCC(C(=O)O)C1)C(=O)[C@H]1CC1(C)C. The van der Waals surface area contributed by atoms with Gasteiger partial charge in [0.1, 0.15) is 0 Å². The summed E-state index contributed by atoms with van der Waals surface area (Å²) in [5.74, 6) is -1.46. The van der Waals surface area contributed by atoms with Crippen LogP contribution in [0.3, 0.4) is 0 Å². The van der Waals surface area contributed by atoms with Crippen LogP contribution in [0.4, 0.5) is 0 Å². The smallest absolute Gasteiger partial charge is 0.308 e. The molecule has 2 aliphatic rings. The second kappa shape index (κ2) is 5.66. The van der Waals surface area contributed by atoms with Crippen LogP contribution in [0.5, 0.6) is 0 Å². The lowest BCUT2D eigenvalue weighted by atomic mass is 9.98. The van der Waals surface area contributed by atoms with E-state index >= 15 is 0 Å². The van der Waals surface area contributed by atoms with Gasteiger partial charge in [0.05, 0.1) is 12.5 Å². The third-order valence-electron chi connectivity index (χ3n) is 4.68. The third-order valence-corrected chi connectivity index (χ3v) is 4.68. The van der Waals surface area contributed by atoms with Crippen molar-refractivity contribution in [3.8, 4) is 0 Å². The molecule has 0 aromatic heterocycles. The lowest BCUT2D eigenvalue weighted by Gasteiger charge is -2.32. The van der Waals surface area contributed by atoms with E-state index in [2.05, 4.69) is 0 Å². The van der Waals surface area contributed by atoms with Crippen molar-refractivity contribution in [1.82, 2.24) is 9.80 Å². The van der Waals surface area contributed by atoms with E-state index in [-0.39, 0.29) is 36.2 Å². The summed E-state index contributed by atoms with van der Waals surface area (Å²) >= 11 is 0. The van der Waals surface area contributed by atoms with Gasteiger partial charge in [0.15, 0.2) is 0 Å². The first-order valence-corrected chi connectivity index (χ1v) is 7.48. The molecule has 21 heavy (non-hydrogen) atoms. The summed E-state index contributed by atoms with van der Waals surface area (Å²) in [5, 5.41) is 9.04. The Morgan fingerprint density at radius 3 is 2.48 bits per heavy atom. The number of carboxylic acid groups (broad SMARTS) is 1. The average molecular weight is 296 g/mol. The van der Waals surface area contributed by atoms with E-state index in [0.717, 1.165) is 6.42 Å². The van der Waals surface area contributed by atoms with Gasteiger partial charge in [-0.05, 0) is 24.7 Å². The van der Waals surface area contributed by atoms with Crippen molar-refractivity contribution in [3.63, 3.8) is 0 Å². The van der Waals surface area contributed by atoms with Gasteiger partial charge in [0.25, 0.3) is 0 Å². The molecule has 2 rings (SSSR count). The number of likely N-dealkylation sites (tertiary alicyclic amines) is 1. The Bertz CT molecular complexity index is 461. The fourth-order valence-corrected chi connectivity index (χ4v) is 2.94. The van der Waals surface area contributed by atoms with Crippen LogP contribution in [0.1, 0.15) is 33.1 Å². The van der Waals surface area contributed by atoms with Crippen LogP contribution < -0.4 is 0 Å². The molecule has 0 aromatic carbocycles. The zero-order valence-corrected chi connectivity index (χ0v) is 13.0. The van der Waals surface area contributed by atoms with Crippen LogP contribution in [0.2, 0.25) is 0 Å². The van der Waals surface area contributed by atoms with E-state index in [1.807, 2.05) is 13.8 Å². The fraction of sp³-hybridized carbons (Fsp3) is 0.800. The fourth-order valence-electron chi connectivity index (χ4n) is 2.94. The number of hydrogen-bond donors (Lipinski definition) is 1. The zero-order valence-electron chi connectivity index (χ0n) is 13.0. The van der Waals surface area contributed by atoms with Gasteiger partial charge < -0.3 is 14.9 Å². The molecule has 1 unspecified atom stereocenters. The number of likely N-dealkylation sites (N-methyl/N-ethyl adjacent to an activating group) is 1. The topological polar surface area (TPSA) is 77.9 Å². The molecule has 2 fully saturated rings. The summed E-state index contributed by atoms with van der Waals surface area (Å²) in [4.78, 5) is 38.5. The molecule has 2 atom stereocenters. The molecule has 1 saturated carbocycles. The Morgan fingerprint density at radius 1 is 1.33 bits per heavy atom. The van der Waals surface area contributed by atoms with Crippen LogP contribution in [-0.4, -0.2) is 59.4 Å². The van der Waals surface area contributed by atoms with Gasteiger partial charge in [-0.15, -0.1) is 0 Å². The number of carbonyl (C=O) groups excluding carboxylic acids is 2. The standard InChI is InChI=1S/C15H24N2O4/c1-15(2)7-11(15)13(19)16(3)9-12(18)17-6-4-5-10(8-17)14(20)21/h10-11H,4-9H2,1-3H3,(H,20,21)/t10?,11-/m1/s1. The summed E-state index contributed by atoms with van der Waals surface area (Å²) in [6, 6.07) is 0. The monoisotopic (exact) mass is 296 g/mol. The van der Waals surface area contributed by atoms with Crippen molar-refractivity contribution in [2.45, 2.75) is 33.1 Å². The minimum Gasteiger partial charge on any atom is -0.481 e. The number of aliphatic carboxylic acids is 1. The highest BCUT2D eigenvalue weighted by molar-refractivity contribution is 5.88. The van der Waals surface area contributed by atoms with Crippen LogP contribution in [0.15, 0.2) is 0 Å². The van der Waals surface area contributed by atoms with Crippen molar-refractivity contribution >= 4 is 17.8 Å². The van der Waals surface area contributed by atoms with Gasteiger partial charge in [0.2, 0.25) is 11.8 Å². The quantitative estimate of drug-likeness (QED) is 0.833. The predicted octanol–water partition coefficient (Wildman–Crippen LogP) is 0.814. The van der Waals surface area contributed by atoms with Crippen LogP contribution in [0, 0.1) is 17.3 Å². The predicted molar refractivity (Wildman–Crippen MR) is 76.5 cm³/mol. The molecule has 2 amide bonds. The Kier molecular flexibility index (Phi) is 4.25. The molecule has 1 saturated heterocycles. The summed E-state index contributed by atoms with van der Waals surface area (Å²) in [6.45, 7) is 4.98. The van der Waals surface area contributed by atoms with Gasteiger partial charge in [-0.3, -0.25) is 14.4 Å². The number of piperidine rings is 1. The van der Waals surface area contributed by atoms with E-state index in [1.165, 1.54) is 4.90 Å². The maximum atomic E-state index is 12.2. The highest BCUT2D eigenvalue weighted by Crippen LogP contribution is 2.52. The number of hydrogen-bond acceptors (Lipinski definition) is 3. The number of carboxylic acids is 1. The average Bonchev–Trinajstić information content (AvgIpc) is 3.06. The summed E-state index contributed by atoms with van der Waals surface area (Å²) in [7, 11) is 1.65. The Morgan fingerprint density at radius 2 is 1.95 bits per heavy atom. The second-order valence-electron chi connectivity index (χ2n) is 6.96. The highest BCUT2D eigenvalue weighted by atomic mass is 16.4. The molecular weight excluding hydrogens is 272 g/mol. The van der Waals surface area contributed by atoms with Crippen LogP contribution >= 0.6 is 0 Å². The third kappa shape index (κ3) is 3.54. The largest absolute Gasteiger partial charge is 0.481 e. The minimum absolute atomic E-state index is 0.0140. The van der Waals surface area contributed by atoms with Gasteiger partial charge >= 0.3 is 5.97 Å². The van der Waals surface area contributed by atoms with Gasteiger partial charge in [-0.2, -0.15) is 0 Å². The summed E-state index contributed by atoms with van der Waals surface area (Å²) in [6.07, 6.45) is 2.19. The Balaban J connectivity index is 1.86. The molecule has 0 aromatic rings. The highest BCUT2D eigenvalue weighted by Gasteiger charge is 2.51. The van der Waals surface area contributed by atoms with E-state index in [1.54, 1.807) is 11.9 Å². The number of rotatable bonds is 4. The lowest BCUT2D eigenvalue weighted by molar-refractivity contribution is -0.147. The minimum atomic E-state index is -0.850. The van der Waals surface area contributed by atoms with Gasteiger partial charge in [0, 0.05) is 26.1 Å². The Labute approximate surface area is 125 Å². The van der Waals surface area contributed by atoms with E-state index in [0.29, 0.717) is 19.4 Å². The first-order valence-electron chi connectivity index (χ1n) is 7.48. The van der Waals surface area contributed by atoms with Gasteiger partial charge in [-0.1, -0.05) is 13.8 Å². The molecular formula is C15H24N2O4. The summed E-state index contributed by atoms with van der Waals surface area (Å²) < 4.78 is 0. The molecule has 1 aliphatic carbocycles. The number of nitrogens with zero attached hydrogens (tertiary/aromatic N) is 2. The second-order valence-corrected chi connectivity index (χ2v) is 6.96. The first-order chi connectivity index (χ1) is 9.72. The number of amides is 2. The first kappa shape index (κ1) is 15.8. The van der Waals surface area contributed by atoms with E-state index in [4.69, 9.17) is 5.11 Å². The normalized spacial score (nSPS) is 27.1. The molecule has 1 aliphatic heterocycles. The lowest BCUT2D eigenvalue weighted by Crippen LogP contribution is -2.47. The zero-order chi connectivity index (χ0) is 15.8. The molecule has 6 nitrogen and oxygen atoms in total.